The van der Waals surface area contributed by atoms with Gasteiger partial charge in [-0.25, -0.2) is 8.78 Å². The fourth-order valence-electron chi connectivity index (χ4n) is 1.63. The first-order valence-electron chi connectivity index (χ1n) is 5.57. The first kappa shape index (κ1) is 13.5. The number of nitrogens with zero attached hydrogens (tertiary/aromatic N) is 1. The molecule has 3 N–H and O–H groups in total. The van der Waals surface area contributed by atoms with Gasteiger partial charge in [-0.15, -0.1) is 0 Å². The van der Waals surface area contributed by atoms with Crippen LogP contribution in [0.25, 0.3) is 0 Å². The van der Waals surface area contributed by atoms with Crippen molar-refractivity contribution in [1.82, 2.24) is 0 Å². The molecule has 0 aliphatic rings. The van der Waals surface area contributed by atoms with Gasteiger partial charge in [-0.1, -0.05) is 0 Å². The van der Waals surface area contributed by atoms with Gasteiger partial charge in [-0.3, -0.25) is 4.79 Å². The average Bonchev–Trinajstić information content (AvgIpc) is 2.43. The number of hydrogen-bond donors (Lipinski definition) is 2. The summed E-state index contributed by atoms with van der Waals surface area (Å²) in [5, 5.41) is 11.3. The van der Waals surface area contributed by atoms with Crippen LogP contribution < -0.4 is 11.1 Å². The maximum absolute atomic E-state index is 13.1. The highest BCUT2D eigenvalue weighted by atomic mass is 19.1. The van der Waals surface area contributed by atoms with Gasteiger partial charge < -0.3 is 11.1 Å². The average molecular weight is 273 g/mol. The number of halogens is 2. The summed E-state index contributed by atoms with van der Waals surface area (Å²) in [6.45, 7) is 0. The Morgan fingerprint density at radius 3 is 2.50 bits per heavy atom. The van der Waals surface area contributed by atoms with Crippen LogP contribution in [-0.2, 0) is 0 Å². The van der Waals surface area contributed by atoms with Crippen LogP contribution in [0.1, 0.15) is 15.9 Å². The molecule has 1 amide bonds. The quantitative estimate of drug-likeness (QED) is 0.825. The largest absolute Gasteiger partial charge is 0.398 e. The Morgan fingerprint density at radius 2 is 1.80 bits per heavy atom. The van der Waals surface area contributed by atoms with E-state index in [1.807, 2.05) is 0 Å². The van der Waals surface area contributed by atoms with Gasteiger partial charge in [-0.2, -0.15) is 5.26 Å². The molecule has 6 heteroatoms. The zero-order valence-electron chi connectivity index (χ0n) is 10.2. The highest BCUT2D eigenvalue weighted by molar-refractivity contribution is 6.08. The molecule has 0 bridgehead atoms. The second-order valence-corrected chi connectivity index (χ2v) is 3.99. The predicted molar refractivity (Wildman–Crippen MR) is 69.9 cm³/mol. The highest BCUT2D eigenvalue weighted by Gasteiger charge is 2.13. The Balaban J connectivity index is 2.33. The summed E-state index contributed by atoms with van der Waals surface area (Å²) >= 11 is 0. The lowest BCUT2D eigenvalue weighted by atomic mass is 10.1. The summed E-state index contributed by atoms with van der Waals surface area (Å²) in [7, 11) is 0. The van der Waals surface area contributed by atoms with Crippen LogP contribution in [-0.4, -0.2) is 5.91 Å². The van der Waals surface area contributed by atoms with Crippen molar-refractivity contribution in [3.8, 4) is 6.07 Å². The van der Waals surface area contributed by atoms with Gasteiger partial charge in [0.25, 0.3) is 5.91 Å². The smallest absolute Gasteiger partial charge is 0.257 e. The monoisotopic (exact) mass is 273 g/mol. The van der Waals surface area contributed by atoms with E-state index in [1.54, 1.807) is 6.07 Å². The molecular formula is C14H9F2N3O. The first-order chi connectivity index (χ1) is 9.51. The van der Waals surface area contributed by atoms with Gasteiger partial charge in [0.2, 0.25) is 0 Å². The summed E-state index contributed by atoms with van der Waals surface area (Å²) in [5.41, 5.74) is 5.72. The Morgan fingerprint density at radius 1 is 1.15 bits per heavy atom. The number of nitrogen functional groups attached to an aromatic ring is 1. The van der Waals surface area contributed by atoms with E-state index in [1.165, 1.54) is 12.1 Å². The number of carbonyl (C=O) groups is 1. The zero-order valence-corrected chi connectivity index (χ0v) is 10.2. The second-order valence-electron chi connectivity index (χ2n) is 3.99. The first-order valence-corrected chi connectivity index (χ1v) is 5.57. The van der Waals surface area contributed by atoms with Gasteiger partial charge in [-0.05, 0) is 36.4 Å². The van der Waals surface area contributed by atoms with Gasteiger partial charge in [0, 0.05) is 5.69 Å². The molecule has 4 nitrogen and oxygen atoms in total. The number of nitrogens with one attached hydrogen (secondary N) is 1. The molecule has 0 aliphatic carbocycles. The van der Waals surface area contributed by atoms with Gasteiger partial charge in [0.15, 0.2) is 0 Å². The van der Waals surface area contributed by atoms with Crippen molar-refractivity contribution in [1.29, 1.82) is 5.26 Å². The molecule has 20 heavy (non-hydrogen) atoms. The molecule has 0 unspecified atom stereocenters. The Hall–Kier alpha value is -2.94. The maximum Gasteiger partial charge on any atom is 0.257 e. The van der Waals surface area contributed by atoms with Crippen LogP contribution in [0.3, 0.4) is 0 Å². The van der Waals surface area contributed by atoms with E-state index >= 15 is 0 Å². The Kier molecular flexibility index (Phi) is 3.62. The molecule has 0 spiro atoms. The molecule has 0 aliphatic heterocycles. The summed E-state index contributed by atoms with van der Waals surface area (Å²) in [6.07, 6.45) is 0. The van der Waals surface area contributed by atoms with E-state index in [-0.39, 0.29) is 22.5 Å². The van der Waals surface area contributed by atoms with Crippen molar-refractivity contribution >= 4 is 17.3 Å². The summed E-state index contributed by atoms with van der Waals surface area (Å²) in [5.74, 6) is -1.88. The fourth-order valence-corrected chi connectivity index (χ4v) is 1.63. The van der Waals surface area contributed by atoms with Crippen LogP contribution in [0.2, 0.25) is 0 Å². The number of benzene rings is 2. The number of anilines is 2. The lowest BCUT2D eigenvalue weighted by Gasteiger charge is -2.09. The molecule has 100 valence electrons. The number of carbonyl (C=O) groups excluding carboxylic acids is 1. The van der Waals surface area contributed by atoms with Crippen LogP contribution in [0.15, 0.2) is 36.4 Å². The van der Waals surface area contributed by atoms with Crippen molar-refractivity contribution in [2.75, 3.05) is 11.1 Å². The number of amides is 1. The van der Waals surface area contributed by atoms with E-state index in [4.69, 9.17) is 11.0 Å². The predicted octanol–water partition coefficient (Wildman–Crippen LogP) is 2.67. The molecule has 2 aromatic carbocycles. The molecule has 2 rings (SSSR count). The minimum atomic E-state index is -0.676. The van der Waals surface area contributed by atoms with Crippen LogP contribution in [0, 0.1) is 23.0 Å². The van der Waals surface area contributed by atoms with Crippen LogP contribution in [0.5, 0.6) is 0 Å². The molecule has 0 saturated heterocycles. The molecule has 0 atom stereocenters. The van der Waals surface area contributed by atoms with Crippen molar-refractivity contribution in [3.05, 3.63) is 59.2 Å². The Labute approximate surface area is 113 Å². The summed E-state index contributed by atoms with van der Waals surface area (Å²) in [4.78, 5) is 12.0. The third-order valence-corrected chi connectivity index (χ3v) is 2.61. The molecule has 0 fully saturated rings. The molecule has 0 heterocycles. The van der Waals surface area contributed by atoms with E-state index in [9.17, 15) is 13.6 Å². The minimum absolute atomic E-state index is 0.0340. The molecule has 2 aromatic rings. The van der Waals surface area contributed by atoms with Gasteiger partial charge >= 0.3 is 0 Å². The van der Waals surface area contributed by atoms with Gasteiger partial charge in [0.1, 0.15) is 17.7 Å². The van der Waals surface area contributed by atoms with E-state index < -0.39 is 17.5 Å². The van der Waals surface area contributed by atoms with E-state index in [2.05, 4.69) is 5.32 Å². The number of hydrogen-bond acceptors (Lipinski definition) is 3. The number of nitrogens with two attached hydrogens (primary N) is 1. The molecular weight excluding hydrogens is 264 g/mol. The van der Waals surface area contributed by atoms with E-state index in [0.717, 1.165) is 24.3 Å². The lowest BCUT2D eigenvalue weighted by Crippen LogP contribution is -2.15. The normalized spacial score (nSPS) is 9.85. The van der Waals surface area contributed by atoms with Gasteiger partial charge in [0.05, 0.1) is 16.8 Å². The number of rotatable bonds is 2. The Bertz CT molecular complexity index is 723. The van der Waals surface area contributed by atoms with Crippen molar-refractivity contribution in [2.45, 2.75) is 0 Å². The standard InChI is InChI=1S/C14H9F2N3O/c15-9-2-4-13(8(5-9)7-17)19-14(20)11-6-10(16)1-3-12(11)18/h1-6H,18H2,(H,19,20). The zero-order chi connectivity index (χ0) is 14.7. The van der Waals surface area contributed by atoms with Crippen molar-refractivity contribution in [2.24, 2.45) is 0 Å². The van der Waals surface area contributed by atoms with Crippen LogP contribution in [0.4, 0.5) is 20.2 Å². The molecule has 0 saturated carbocycles. The fraction of sp³-hybridized carbons (Fsp3) is 0. The molecule has 0 aromatic heterocycles. The summed E-state index contributed by atoms with van der Waals surface area (Å²) in [6, 6.07) is 8.48. The highest BCUT2D eigenvalue weighted by Crippen LogP contribution is 2.19. The number of nitriles is 1. The third-order valence-electron chi connectivity index (χ3n) is 2.61. The summed E-state index contributed by atoms with van der Waals surface area (Å²) < 4.78 is 26.1. The SMILES string of the molecule is N#Cc1cc(F)ccc1NC(=O)c1cc(F)ccc1N. The van der Waals surface area contributed by atoms with Crippen LogP contribution >= 0.6 is 0 Å². The second kappa shape index (κ2) is 5.36. The van der Waals surface area contributed by atoms with Crippen molar-refractivity contribution < 1.29 is 13.6 Å². The molecule has 0 radical (unpaired) electrons. The maximum atomic E-state index is 13.1. The van der Waals surface area contributed by atoms with E-state index in [0.29, 0.717) is 0 Å². The topological polar surface area (TPSA) is 78.9 Å². The van der Waals surface area contributed by atoms with Crippen molar-refractivity contribution in [3.63, 3.8) is 0 Å². The minimum Gasteiger partial charge on any atom is -0.398 e. The third kappa shape index (κ3) is 2.72. The lowest BCUT2D eigenvalue weighted by molar-refractivity contribution is 0.102.